The van der Waals surface area contributed by atoms with Crippen molar-refractivity contribution >= 4 is 10.0 Å². The van der Waals surface area contributed by atoms with Crippen molar-refractivity contribution in [2.75, 3.05) is 13.2 Å². The van der Waals surface area contributed by atoms with Gasteiger partial charge in [-0.25, -0.2) is 13.1 Å². The number of hydrogen-bond acceptors (Lipinski definition) is 4. The SMILES string of the molecule is Cn1cc(S(=O)(=O)NCC(C)(C)CCCO)c(C(F)(F)F)n1. The Morgan fingerprint density at radius 3 is 2.45 bits per heavy atom. The quantitative estimate of drug-likeness (QED) is 0.786. The summed E-state index contributed by atoms with van der Waals surface area (Å²) in [5, 5.41) is 12.0. The Balaban J connectivity index is 2.97. The minimum Gasteiger partial charge on any atom is -0.396 e. The van der Waals surface area contributed by atoms with Gasteiger partial charge in [0.15, 0.2) is 5.69 Å². The van der Waals surface area contributed by atoms with Gasteiger partial charge in [-0.15, -0.1) is 0 Å². The number of nitrogens with one attached hydrogen (secondary N) is 1. The van der Waals surface area contributed by atoms with Crippen LogP contribution in [0.4, 0.5) is 13.2 Å². The van der Waals surface area contributed by atoms with Gasteiger partial charge in [0.1, 0.15) is 4.90 Å². The first-order chi connectivity index (χ1) is 9.89. The fourth-order valence-corrected chi connectivity index (χ4v) is 3.31. The summed E-state index contributed by atoms with van der Waals surface area (Å²) in [5.74, 6) is 0. The van der Waals surface area contributed by atoms with E-state index in [4.69, 9.17) is 5.11 Å². The van der Waals surface area contributed by atoms with Gasteiger partial charge in [0.25, 0.3) is 0 Å². The average Bonchev–Trinajstić information content (AvgIpc) is 2.77. The van der Waals surface area contributed by atoms with E-state index < -0.39 is 32.2 Å². The summed E-state index contributed by atoms with van der Waals surface area (Å²) >= 11 is 0. The average molecular weight is 343 g/mol. The molecule has 0 bridgehead atoms. The summed E-state index contributed by atoms with van der Waals surface area (Å²) in [6.45, 7) is 3.46. The monoisotopic (exact) mass is 343 g/mol. The van der Waals surface area contributed by atoms with E-state index in [0.29, 0.717) is 12.8 Å². The van der Waals surface area contributed by atoms with E-state index in [9.17, 15) is 21.6 Å². The molecule has 0 saturated carbocycles. The predicted octanol–water partition coefficient (Wildman–Crippen LogP) is 1.52. The van der Waals surface area contributed by atoms with Gasteiger partial charge in [-0.05, 0) is 18.3 Å². The van der Waals surface area contributed by atoms with Crippen LogP contribution in [0.2, 0.25) is 0 Å². The Hall–Kier alpha value is -1.13. The molecule has 1 heterocycles. The number of aromatic nitrogens is 2. The second-order valence-electron chi connectivity index (χ2n) is 5.83. The van der Waals surface area contributed by atoms with Gasteiger partial charge >= 0.3 is 6.18 Å². The molecule has 1 aromatic heterocycles. The van der Waals surface area contributed by atoms with E-state index in [1.54, 1.807) is 13.8 Å². The highest BCUT2D eigenvalue weighted by atomic mass is 32.2. The highest BCUT2D eigenvalue weighted by molar-refractivity contribution is 7.89. The van der Waals surface area contributed by atoms with E-state index in [-0.39, 0.29) is 13.2 Å². The molecule has 0 spiro atoms. The van der Waals surface area contributed by atoms with Crippen molar-refractivity contribution in [1.29, 1.82) is 0 Å². The molecule has 1 aromatic rings. The zero-order valence-corrected chi connectivity index (χ0v) is 13.4. The third-order valence-corrected chi connectivity index (χ3v) is 4.51. The van der Waals surface area contributed by atoms with Crippen LogP contribution >= 0.6 is 0 Å². The van der Waals surface area contributed by atoms with Crippen LogP contribution in [0.25, 0.3) is 0 Å². The molecule has 10 heteroatoms. The fourth-order valence-electron chi connectivity index (χ4n) is 1.87. The number of hydrogen-bond donors (Lipinski definition) is 2. The molecule has 128 valence electrons. The second kappa shape index (κ2) is 6.55. The highest BCUT2D eigenvalue weighted by Gasteiger charge is 2.41. The van der Waals surface area contributed by atoms with Crippen LogP contribution < -0.4 is 4.72 Å². The van der Waals surface area contributed by atoms with Gasteiger partial charge < -0.3 is 5.11 Å². The Morgan fingerprint density at radius 1 is 1.36 bits per heavy atom. The molecule has 0 atom stereocenters. The van der Waals surface area contributed by atoms with Gasteiger partial charge in [0.2, 0.25) is 10.0 Å². The lowest BCUT2D eigenvalue weighted by molar-refractivity contribution is -0.143. The summed E-state index contributed by atoms with van der Waals surface area (Å²) in [6, 6.07) is 0. The molecule has 0 fully saturated rings. The van der Waals surface area contributed by atoms with Crippen LogP contribution in [0.15, 0.2) is 11.1 Å². The predicted molar refractivity (Wildman–Crippen MR) is 73.5 cm³/mol. The molecule has 0 saturated heterocycles. The first-order valence-electron chi connectivity index (χ1n) is 6.60. The second-order valence-corrected chi connectivity index (χ2v) is 7.56. The Labute approximate surface area is 127 Å². The van der Waals surface area contributed by atoms with Crippen LogP contribution in [-0.4, -0.2) is 36.5 Å². The van der Waals surface area contributed by atoms with E-state index in [0.717, 1.165) is 10.9 Å². The lowest BCUT2D eigenvalue weighted by Crippen LogP contribution is -2.34. The maximum absolute atomic E-state index is 12.8. The summed E-state index contributed by atoms with van der Waals surface area (Å²) < 4.78 is 65.8. The molecule has 0 aliphatic rings. The first kappa shape index (κ1) is 18.9. The van der Waals surface area contributed by atoms with Crippen molar-refractivity contribution in [3.05, 3.63) is 11.9 Å². The molecule has 0 amide bonds. The minimum atomic E-state index is -4.85. The lowest BCUT2D eigenvalue weighted by atomic mass is 9.88. The van der Waals surface area contributed by atoms with Crippen LogP contribution in [0.3, 0.4) is 0 Å². The maximum Gasteiger partial charge on any atom is 0.436 e. The largest absolute Gasteiger partial charge is 0.436 e. The van der Waals surface area contributed by atoms with Crippen molar-refractivity contribution in [2.24, 2.45) is 12.5 Å². The molecule has 6 nitrogen and oxygen atoms in total. The third kappa shape index (κ3) is 4.96. The van der Waals surface area contributed by atoms with Crippen LogP contribution in [-0.2, 0) is 23.2 Å². The molecule has 1 rings (SSSR count). The van der Waals surface area contributed by atoms with Gasteiger partial charge in [-0.3, -0.25) is 4.68 Å². The van der Waals surface area contributed by atoms with Crippen molar-refractivity contribution in [1.82, 2.24) is 14.5 Å². The standard InChI is InChI=1S/C12H20F3N3O3S/c1-11(2,5-4-6-19)8-16-22(20,21)9-7-18(3)17-10(9)12(13,14)15/h7,16,19H,4-6,8H2,1-3H3. The Morgan fingerprint density at radius 2 is 1.95 bits per heavy atom. The summed E-state index contributed by atoms with van der Waals surface area (Å²) in [6.07, 6.45) is -3.01. The number of alkyl halides is 3. The van der Waals surface area contributed by atoms with Crippen molar-refractivity contribution in [3.8, 4) is 0 Å². The van der Waals surface area contributed by atoms with Crippen LogP contribution in [0, 0.1) is 5.41 Å². The topological polar surface area (TPSA) is 84.2 Å². The summed E-state index contributed by atoms with van der Waals surface area (Å²) in [5.41, 5.74) is -1.92. The molecule has 0 aliphatic carbocycles. The molecular formula is C12H20F3N3O3S. The zero-order chi connectivity index (χ0) is 17.2. The minimum absolute atomic E-state index is 0.0307. The summed E-state index contributed by atoms with van der Waals surface area (Å²) in [7, 11) is -3.11. The van der Waals surface area contributed by atoms with E-state index in [1.165, 1.54) is 7.05 Å². The first-order valence-corrected chi connectivity index (χ1v) is 8.09. The molecule has 0 aliphatic heterocycles. The summed E-state index contributed by atoms with van der Waals surface area (Å²) in [4.78, 5) is -0.888. The number of aliphatic hydroxyl groups is 1. The number of aryl methyl sites for hydroxylation is 1. The van der Waals surface area contributed by atoms with Crippen molar-refractivity contribution < 1.29 is 26.7 Å². The van der Waals surface area contributed by atoms with Gasteiger partial charge in [0, 0.05) is 26.4 Å². The molecule has 22 heavy (non-hydrogen) atoms. The molecule has 0 unspecified atom stereocenters. The van der Waals surface area contributed by atoms with Crippen LogP contribution in [0.1, 0.15) is 32.4 Å². The van der Waals surface area contributed by atoms with Gasteiger partial charge in [-0.1, -0.05) is 13.8 Å². The molecule has 0 aromatic carbocycles. The fraction of sp³-hybridized carbons (Fsp3) is 0.750. The molecule has 2 N–H and O–H groups in total. The normalized spacial score (nSPS) is 13.6. The third-order valence-electron chi connectivity index (χ3n) is 3.11. The smallest absolute Gasteiger partial charge is 0.396 e. The highest BCUT2D eigenvalue weighted by Crippen LogP contribution is 2.33. The van der Waals surface area contributed by atoms with Crippen LogP contribution in [0.5, 0.6) is 0 Å². The zero-order valence-electron chi connectivity index (χ0n) is 12.6. The number of nitrogens with zero attached hydrogens (tertiary/aromatic N) is 2. The van der Waals surface area contributed by atoms with Crippen molar-refractivity contribution in [3.63, 3.8) is 0 Å². The number of rotatable bonds is 7. The Kier molecular flexibility index (Phi) is 5.63. The Bertz CT molecular complexity index is 609. The van der Waals surface area contributed by atoms with E-state index in [1.807, 2.05) is 0 Å². The van der Waals surface area contributed by atoms with Gasteiger partial charge in [0.05, 0.1) is 0 Å². The molecular weight excluding hydrogens is 323 g/mol. The lowest BCUT2D eigenvalue weighted by Gasteiger charge is -2.24. The number of aliphatic hydroxyl groups excluding tert-OH is 1. The van der Waals surface area contributed by atoms with Gasteiger partial charge in [-0.2, -0.15) is 18.3 Å². The molecule has 0 radical (unpaired) electrons. The number of sulfonamides is 1. The van der Waals surface area contributed by atoms with E-state index in [2.05, 4.69) is 9.82 Å². The van der Waals surface area contributed by atoms with E-state index >= 15 is 0 Å². The van der Waals surface area contributed by atoms with Crippen molar-refractivity contribution in [2.45, 2.75) is 37.8 Å². The maximum atomic E-state index is 12.8. The number of halogens is 3.